The van der Waals surface area contributed by atoms with Crippen molar-refractivity contribution >= 4 is 11.7 Å². The highest BCUT2D eigenvalue weighted by atomic mass is 16.5. The number of hydrogen-bond donors (Lipinski definition) is 0. The first-order valence-corrected chi connectivity index (χ1v) is 13.7. The molecule has 7 heteroatoms. The Labute approximate surface area is 228 Å². The van der Waals surface area contributed by atoms with Gasteiger partial charge in [0.15, 0.2) is 0 Å². The van der Waals surface area contributed by atoms with Crippen LogP contribution in [0.15, 0.2) is 54.6 Å². The van der Waals surface area contributed by atoms with Crippen molar-refractivity contribution in [3.8, 4) is 5.69 Å². The van der Waals surface area contributed by atoms with Crippen molar-refractivity contribution in [2.24, 2.45) is 0 Å². The predicted molar refractivity (Wildman–Crippen MR) is 154 cm³/mol. The van der Waals surface area contributed by atoms with Gasteiger partial charge in [0, 0.05) is 51.0 Å². The summed E-state index contributed by atoms with van der Waals surface area (Å²) in [6, 6.07) is 18.3. The molecule has 1 amide bonds. The third-order valence-electron chi connectivity index (χ3n) is 7.48. The zero-order valence-corrected chi connectivity index (χ0v) is 23.9. The molecule has 0 radical (unpaired) electrons. The van der Waals surface area contributed by atoms with Crippen molar-refractivity contribution in [3.05, 3.63) is 77.0 Å². The number of piperazine rings is 1. The average molecular weight is 518 g/mol. The molecule has 0 aliphatic carbocycles. The molecule has 0 atom stereocenters. The number of rotatable bonds is 9. The molecule has 1 saturated heterocycles. The van der Waals surface area contributed by atoms with Crippen LogP contribution in [-0.4, -0.2) is 78.5 Å². The second-order valence-electron chi connectivity index (χ2n) is 11.1. The molecule has 1 aromatic heterocycles. The van der Waals surface area contributed by atoms with Crippen LogP contribution in [-0.2, 0) is 16.7 Å². The SMILES string of the molecule is CCN1CCN(c2c(CN(CCOC)C(=O)c3ccc(C(C)(C)C)cc3)c(C)nn2-c2ccccc2)CC1. The summed E-state index contributed by atoms with van der Waals surface area (Å²) in [4.78, 5) is 20.6. The Morgan fingerprint density at radius 1 is 1.00 bits per heavy atom. The number of anilines is 1. The van der Waals surface area contributed by atoms with E-state index in [2.05, 4.69) is 73.4 Å². The number of amides is 1. The van der Waals surface area contributed by atoms with Crippen molar-refractivity contribution in [1.29, 1.82) is 0 Å². The minimum Gasteiger partial charge on any atom is -0.383 e. The lowest BCUT2D eigenvalue weighted by atomic mass is 9.86. The first kappa shape index (κ1) is 27.9. The van der Waals surface area contributed by atoms with Gasteiger partial charge < -0.3 is 19.4 Å². The second kappa shape index (κ2) is 12.1. The lowest BCUT2D eigenvalue weighted by Crippen LogP contribution is -2.47. The van der Waals surface area contributed by atoms with E-state index in [1.807, 2.05) is 35.2 Å². The Morgan fingerprint density at radius 3 is 2.24 bits per heavy atom. The molecular formula is C31H43N5O2. The van der Waals surface area contributed by atoms with E-state index in [9.17, 15) is 4.79 Å². The van der Waals surface area contributed by atoms with Crippen LogP contribution in [0.3, 0.4) is 0 Å². The fraction of sp³-hybridized carbons (Fsp3) is 0.484. The maximum Gasteiger partial charge on any atom is 0.254 e. The maximum atomic E-state index is 13.8. The lowest BCUT2D eigenvalue weighted by Gasteiger charge is -2.36. The van der Waals surface area contributed by atoms with Crippen LogP contribution in [0.2, 0.25) is 0 Å². The summed E-state index contributed by atoms with van der Waals surface area (Å²) < 4.78 is 7.46. The summed E-state index contributed by atoms with van der Waals surface area (Å²) in [6.45, 7) is 17.2. The van der Waals surface area contributed by atoms with E-state index in [0.29, 0.717) is 25.3 Å². The molecule has 0 spiro atoms. The van der Waals surface area contributed by atoms with Crippen molar-refractivity contribution in [3.63, 3.8) is 0 Å². The molecule has 2 heterocycles. The Hall–Kier alpha value is -3.16. The maximum absolute atomic E-state index is 13.8. The number of benzene rings is 2. The zero-order valence-electron chi connectivity index (χ0n) is 23.9. The van der Waals surface area contributed by atoms with Crippen LogP contribution in [0.25, 0.3) is 5.69 Å². The van der Waals surface area contributed by atoms with Gasteiger partial charge in [0.05, 0.1) is 24.5 Å². The van der Waals surface area contributed by atoms with Gasteiger partial charge in [-0.1, -0.05) is 58.0 Å². The molecule has 0 saturated carbocycles. The number of ether oxygens (including phenoxy) is 1. The van der Waals surface area contributed by atoms with Gasteiger partial charge in [-0.3, -0.25) is 4.79 Å². The summed E-state index contributed by atoms with van der Waals surface area (Å²) in [5, 5.41) is 4.99. The van der Waals surface area contributed by atoms with Gasteiger partial charge in [-0.15, -0.1) is 0 Å². The van der Waals surface area contributed by atoms with Gasteiger partial charge in [0.2, 0.25) is 0 Å². The van der Waals surface area contributed by atoms with Crippen molar-refractivity contribution < 1.29 is 9.53 Å². The van der Waals surface area contributed by atoms with E-state index in [0.717, 1.165) is 55.5 Å². The Kier molecular flexibility index (Phi) is 8.90. The smallest absolute Gasteiger partial charge is 0.254 e. The van der Waals surface area contributed by atoms with E-state index in [-0.39, 0.29) is 11.3 Å². The van der Waals surface area contributed by atoms with E-state index >= 15 is 0 Å². The van der Waals surface area contributed by atoms with Gasteiger partial charge in [-0.25, -0.2) is 4.68 Å². The number of likely N-dealkylation sites (N-methyl/N-ethyl adjacent to an activating group) is 1. The standard InChI is InChI=1S/C31H43N5O2/c1-7-33-17-19-34(20-18-33)29-28(24(2)32-36(29)27-11-9-8-10-12-27)23-35(21-22-38-6)30(37)25-13-15-26(16-14-25)31(3,4)5/h8-16H,7,17-23H2,1-6H3. The molecule has 3 aromatic rings. The number of aromatic nitrogens is 2. The van der Waals surface area contributed by atoms with E-state index in [1.165, 1.54) is 5.56 Å². The topological polar surface area (TPSA) is 53.8 Å². The van der Waals surface area contributed by atoms with Crippen LogP contribution < -0.4 is 4.90 Å². The summed E-state index contributed by atoms with van der Waals surface area (Å²) >= 11 is 0. The molecule has 1 aliphatic heterocycles. The monoisotopic (exact) mass is 517 g/mol. The van der Waals surface area contributed by atoms with Crippen molar-refractivity contribution in [2.75, 3.05) is 57.9 Å². The highest BCUT2D eigenvalue weighted by molar-refractivity contribution is 5.94. The Morgan fingerprint density at radius 2 is 1.66 bits per heavy atom. The molecule has 0 bridgehead atoms. The summed E-state index contributed by atoms with van der Waals surface area (Å²) in [6.07, 6.45) is 0. The molecule has 1 fully saturated rings. The molecule has 7 nitrogen and oxygen atoms in total. The summed E-state index contributed by atoms with van der Waals surface area (Å²) in [5.74, 6) is 1.10. The first-order valence-electron chi connectivity index (χ1n) is 13.7. The first-order chi connectivity index (χ1) is 18.2. The van der Waals surface area contributed by atoms with E-state index in [4.69, 9.17) is 9.84 Å². The van der Waals surface area contributed by atoms with Gasteiger partial charge in [0.25, 0.3) is 5.91 Å². The number of aryl methyl sites for hydroxylation is 1. The van der Waals surface area contributed by atoms with Gasteiger partial charge >= 0.3 is 0 Å². The zero-order chi connectivity index (χ0) is 27.3. The largest absolute Gasteiger partial charge is 0.383 e. The molecule has 204 valence electrons. The molecule has 1 aliphatic rings. The number of para-hydroxylation sites is 1. The third-order valence-corrected chi connectivity index (χ3v) is 7.48. The predicted octanol–water partition coefficient (Wildman–Crippen LogP) is 4.91. The Balaban J connectivity index is 1.70. The summed E-state index contributed by atoms with van der Waals surface area (Å²) in [5.41, 5.74) is 5.01. The van der Waals surface area contributed by atoms with Crippen LogP contribution >= 0.6 is 0 Å². The molecule has 38 heavy (non-hydrogen) atoms. The lowest BCUT2D eigenvalue weighted by molar-refractivity contribution is 0.0680. The number of hydrogen-bond acceptors (Lipinski definition) is 5. The molecular weight excluding hydrogens is 474 g/mol. The quantitative estimate of drug-likeness (QED) is 0.404. The van der Waals surface area contributed by atoms with Gasteiger partial charge in [0.1, 0.15) is 5.82 Å². The van der Waals surface area contributed by atoms with Crippen LogP contribution in [0.1, 0.15) is 54.9 Å². The molecule has 4 rings (SSSR count). The minimum absolute atomic E-state index is 0.0103. The van der Waals surface area contributed by atoms with Crippen molar-refractivity contribution in [2.45, 2.75) is 46.6 Å². The molecule has 0 N–H and O–H groups in total. The number of carbonyl (C=O) groups excluding carboxylic acids is 1. The molecule has 2 aromatic carbocycles. The number of methoxy groups -OCH3 is 1. The van der Waals surface area contributed by atoms with Gasteiger partial charge in [-0.05, 0) is 48.7 Å². The highest BCUT2D eigenvalue weighted by Gasteiger charge is 2.28. The van der Waals surface area contributed by atoms with Crippen LogP contribution in [0, 0.1) is 6.92 Å². The van der Waals surface area contributed by atoms with Crippen LogP contribution in [0.4, 0.5) is 5.82 Å². The fourth-order valence-corrected chi connectivity index (χ4v) is 5.02. The minimum atomic E-state index is 0.0103. The summed E-state index contributed by atoms with van der Waals surface area (Å²) in [7, 11) is 1.68. The van der Waals surface area contributed by atoms with Gasteiger partial charge in [-0.2, -0.15) is 5.10 Å². The Bertz CT molecular complexity index is 1190. The third kappa shape index (κ3) is 6.27. The number of carbonyl (C=O) groups is 1. The van der Waals surface area contributed by atoms with Crippen LogP contribution in [0.5, 0.6) is 0 Å². The van der Waals surface area contributed by atoms with E-state index < -0.39 is 0 Å². The number of nitrogens with zero attached hydrogens (tertiary/aromatic N) is 5. The second-order valence-corrected chi connectivity index (χ2v) is 11.1. The molecule has 0 unspecified atom stereocenters. The van der Waals surface area contributed by atoms with Crippen molar-refractivity contribution in [1.82, 2.24) is 19.6 Å². The average Bonchev–Trinajstić information content (AvgIpc) is 3.26. The van der Waals surface area contributed by atoms with E-state index in [1.54, 1.807) is 7.11 Å². The fourth-order valence-electron chi connectivity index (χ4n) is 5.02. The normalized spacial score (nSPS) is 14.6. The highest BCUT2D eigenvalue weighted by Crippen LogP contribution is 2.30.